The lowest BCUT2D eigenvalue weighted by molar-refractivity contribution is 0.354. The van der Waals surface area contributed by atoms with Crippen LogP contribution in [0, 0.1) is 0 Å². The van der Waals surface area contributed by atoms with E-state index in [-0.39, 0.29) is 6.04 Å². The lowest BCUT2D eigenvalue weighted by Gasteiger charge is -2.13. The lowest BCUT2D eigenvalue weighted by atomic mass is 10.1. The summed E-state index contributed by atoms with van der Waals surface area (Å²) in [4.78, 5) is 0. The Hall–Kier alpha value is -0.510. The van der Waals surface area contributed by atoms with Gasteiger partial charge in [-0.25, -0.2) is 0 Å². The van der Waals surface area contributed by atoms with Gasteiger partial charge in [-0.3, -0.25) is 0 Å². The predicted octanol–water partition coefficient (Wildman–Crippen LogP) is 3.47. The Balaban J connectivity index is 2.84. The molecule has 1 aromatic carbocycles. The average Bonchev–Trinajstić information content (AvgIpc) is 2.15. The van der Waals surface area contributed by atoms with Gasteiger partial charge in [0, 0.05) is 15.5 Å². The molecule has 4 heteroatoms. The smallest absolute Gasteiger partial charge is 0.123 e. The molecular formula is C12H15BrClNO. The van der Waals surface area contributed by atoms with Crippen molar-refractivity contribution < 1.29 is 4.74 Å². The normalized spacial score (nSPS) is 12.2. The van der Waals surface area contributed by atoms with Gasteiger partial charge < -0.3 is 10.5 Å². The zero-order chi connectivity index (χ0) is 12.1. The quantitative estimate of drug-likeness (QED) is 0.904. The Labute approximate surface area is 110 Å². The Morgan fingerprint density at radius 3 is 2.88 bits per heavy atom. The van der Waals surface area contributed by atoms with E-state index in [1.807, 2.05) is 25.1 Å². The molecule has 0 saturated heterocycles. The Kier molecular flexibility index (Phi) is 5.32. The molecule has 0 fully saturated rings. The molecule has 0 aliphatic carbocycles. The molecule has 0 aliphatic heterocycles. The number of hydrogen-bond donors (Lipinski definition) is 1. The van der Waals surface area contributed by atoms with Crippen LogP contribution in [0.5, 0.6) is 5.75 Å². The van der Waals surface area contributed by atoms with Crippen LogP contribution < -0.4 is 10.5 Å². The van der Waals surface area contributed by atoms with Crippen molar-refractivity contribution in [1.29, 1.82) is 0 Å². The van der Waals surface area contributed by atoms with E-state index in [0.29, 0.717) is 11.6 Å². The first-order valence-electron chi connectivity index (χ1n) is 4.99. The maximum Gasteiger partial charge on any atom is 0.123 e. The van der Waals surface area contributed by atoms with Crippen LogP contribution in [0.4, 0.5) is 0 Å². The minimum atomic E-state index is 0.0934. The van der Waals surface area contributed by atoms with Gasteiger partial charge in [0.15, 0.2) is 0 Å². The number of rotatable bonds is 5. The molecular weight excluding hydrogens is 289 g/mol. The fraction of sp³-hybridized carbons (Fsp3) is 0.333. The molecule has 1 aromatic rings. The van der Waals surface area contributed by atoms with Crippen LogP contribution in [0.2, 0.25) is 0 Å². The van der Waals surface area contributed by atoms with E-state index in [2.05, 4.69) is 22.5 Å². The summed E-state index contributed by atoms with van der Waals surface area (Å²) in [6.07, 6.45) is 0.767. The third kappa shape index (κ3) is 4.56. The second-order valence-electron chi connectivity index (χ2n) is 3.74. The summed E-state index contributed by atoms with van der Waals surface area (Å²) < 4.78 is 6.56. The van der Waals surface area contributed by atoms with E-state index in [9.17, 15) is 0 Å². The third-order valence-corrected chi connectivity index (χ3v) is 2.55. The zero-order valence-corrected chi connectivity index (χ0v) is 11.5. The highest BCUT2D eigenvalue weighted by molar-refractivity contribution is 9.10. The van der Waals surface area contributed by atoms with E-state index in [1.54, 1.807) is 0 Å². The zero-order valence-electron chi connectivity index (χ0n) is 9.17. The van der Waals surface area contributed by atoms with Gasteiger partial charge in [-0.1, -0.05) is 34.1 Å². The largest absolute Gasteiger partial charge is 0.488 e. The minimum Gasteiger partial charge on any atom is -0.488 e. The molecule has 0 heterocycles. The second kappa shape index (κ2) is 6.28. The summed E-state index contributed by atoms with van der Waals surface area (Å²) in [5.41, 5.74) is 6.86. The molecule has 2 N–H and O–H groups in total. The molecule has 88 valence electrons. The van der Waals surface area contributed by atoms with Crippen LogP contribution in [0.15, 0.2) is 34.3 Å². The van der Waals surface area contributed by atoms with Gasteiger partial charge in [-0.2, -0.15) is 0 Å². The van der Waals surface area contributed by atoms with Crippen molar-refractivity contribution >= 4 is 27.5 Å². The monoisotopic (exact) mass is 303 g/mol. The molecule has 2 nitrogen and oxygen atoms in total. The predicted molar refractivity (Wildman–Crippen MR) is 72.0 cm³/mol. The first kappa shape index (κ1) is 13.6. The highest BCUT2D eigenvalue weighted by Gasteiger charge is 2.07. The van der Waals surface area contributed by atoms with Gasteiger partial charge >= 0.3 is 0 Å². The fourth-order valence-electron chi connectivity index (χ4n) is 1.35. The highest BCUT2D eigenvalue weighted by atomic mass is 79.9. The van der Waals surface area contributed by atoms with Crippen molar-refractivity contribution in [2.24, 2.45) is 5.73 Å². The Morgan fingerprint density at radius 2 is 2.31 bits per heavy atom. The second-order valence-corrected chi connectivity index (χ2v) is 5.19. The van der Waals surface area contributed by atoms with Crippen molar-refractivity contribution in [1.82, 2.24) is 0 Å². The van der Waals surface area contributed by atoms with E-state index in [1.165, 1.54) is 0 Å². The van der Waals surface area contributed by atoms with Crippen molar-refractivity contribution in [2.75, 3.05) is 6.61 Å². The van der Waals surface area contributed by atoms with Gasteiger partial charge in [0.1, 0.15) is 12.4 Å². The van der Waals surface area contributed by atoms with Gasteiger partial charge in [0.05, 0.1) is 0 Å². The van der Waals surface area contributed by atoms with Crippen molar-refractivity contribution in [3.63, 3.8) is 0 Å². The standard InChI is InChI=1S/C12H15BrClNO/c1-8(14)7-16-12-4-3-11(13)6-10(12)5-9(2)15/h3-4,6,9H,1,5,7,15H2,2H3. The van der Waals surface area contributed by atoms with Crippen LogP contribution in [0.25, 0.3) is 0 Å². The number of hydrogen-bond acceptors (Lipinski definition) is 2. The maximum atomic E-state index is 5.78. The summed E-state index contributed by atoms with van der Waals surface area (Å²) >= 11 is 9.09. The molecule has 1 atom stereocenters. The van der Waals surface area contributed by atoms with E-state index < -0.39 is 0 Å². The lowest BCUT2D eigenvalue weighted by Crippen LogP contribution is -2.18. The molecule has 0 saturated carbocycles. The molecule has 0 aliphatic rings. The summed E-state index contributed by atoms with van der Waals surface area (Å²) in [6.45, 7) is 5.86. The van der Waals surface area contributed by atoms with Gasteiger partial charge in [-0.05, 0) is 37.1 Å². The molecule has 16 heavy (non-hydrogen) atoms. The molecule has 0 spiro atoms. The molecule has 0 bridgehead atoms. The molecule has 0 amide bonds. The number of benzene rings is 1. The van der Waals surface area contributed by atoms with Crippen LogP contribution >= 0.6 is 27.5 Å². The fourth-order valence-corrected chi connectivity index (χ4v) is 1.81. The molecule has 0 aromatic heterocycles. The topological polar surface area (TPSA) is 35.2 Å². The number of ether oxygens (including phenoxy) is 1. The van der Waals surface area contributed by atoms with Crippen LogP contribution in [0.1, 0.15) is 12.5 Å². The number of nitrogens with two attached hydrogens (primary N) is 1. The van der Waals surface area contributed by atoms with Gasteiger partial charge in [0.2, 0.25) is 0 Å². The molecule has 0 radical (unpaired) electrons. The van der Waals surface area contributed by atoms with Crippen LogP contribution in [0.3, 0.4) is 0 Å². The van der Waals surface area contributed by atoms with E-state index >= 15 is 0 Å². The van der Waals surface area contributed by atoms with E-state index in [4.69, 9.17) is 22.1 Å². The van der Waals surface area contributed by atoms with Gasteiger partial charge in [0.25, 0.3) is 0 Å². The Bertz CT molecular complexity index is 379. The average molecular weight is 305 g/mol. The maximum absolute atomic E-state index is 5.78. The molecule has 1 rings (SSSR count). The summed E-state index contributed by atoms with van der Waals surface area (Å²) in [5, 5.41) is 0.481. The van der Waals surface area contributed by atoms with Crippen LogP contribution in [-0.4, -0.2) is 12.6 Å². The minimum absolute atomic E-state index is 0.0934. The molecule has 1 unspecified atom stereocenters. The van der Waals surface area contributed by atoms with Crippen LogP contribution in [-0.2, 0) is 6.42 Å². The SMILES string of the molecule is C=C(Cl)COc1ccc(Br)cc1CC(C)N. The van der Waals surface area contributed by atoms with Crippen molar-refractivity contribution in [3.8, 4) is 5.75 Å². The third-order valence-electron chi connectivity index (χ3n) is 1.95. The van der Waals surface area contributed by atoms with Crippen molar-refractivity contribution in [2.45, 2.75) is 19.4 Å². The van der Waals surface area contributed by atoms with Gasteiger partial charge in [-0.15, -0.1) is 0 Å². The van der Waals surface area contributed by atoms with E-state index in [0.717, 1.165) is 22.2 Å². The Morgan fingerprint density at radius 1 is 1.62 bits per heavy atom. The highest BCUT2D eigenvalue weighted by Crippen LogP contribution is 2.24. The summed E-state index contributed by atoms with van der Waals surface area (Å²) in [7, 11) is 0. The van der Waals surface area contributed by atoms with Crippen molar-refractivity contribution in [3.05, 3.63) is 39.8 Å². The first-order chi connectivity index (χ1) is 7.49. The number of halogens is 2. The summed E-state index contributed by atoms with van der Waals surface area (Å²) in [5.74, 6) is 0.808. The summed E-state index contributed by atoms with van der Waals surface area (Å²) in [6, 6.07) is 5.93. The first-order valence-corrected chi connectivity index (χ1v) is 6.16.